The SMILES string of the molecule is C=CCNC(=O)N1CCN(c2ccc(Cl)c(Cl)c2)CC1. The Balaban J connectivity index is 1.92. The largest absolute Gasteiger partial charge is 0.368 e. The summed E-state index contributed by atoms with van der Waals surface area (Å²) in [6.07, 6.45) is 1.67. The van der Waals surface area contributed by atoms with Crippen LogP contribution in [0.2, 0.25) is 10.0 Å². The molecule has 0 atom stereocenters. The number of carbonyl (C=O) groups is 1. The van der Waals surface area contributed by atoms with Gasteiger partial charge in [0.05, 0.1) is 10.0 Å². The molecule has 0 saturated carbocycles. The van der Waals surface area contributed by atoms with Gasteiger partial charge in [-0.3, -0.25) is 0 Å². The highest BCUT2D eigenvalue weighted by atomic mass is 35.5. The number of anilines is 1. The molecule has 20 heavy (non-hydrogen) atoms. The molecule has 108 valence electrons. The van der Waals surface area contributed by atoms with Gasteiger partial charge in [-0.05, 0) is 18.2 Å². The summed E-state index contributed by atoms with van der Waals surface area (Å²) in [5.41, 5.74) is 1.03. The summed E-state index contributed by atoms with van der Waals surface area (Å²) in [6, 6.07) is 5.56. The van der Waals surface area contributed by atoms with Gasteiger partial charge in [0, 0.05) is 38.4 Å². The molecule has 1 aliphatic rings. The normalized spacial score (nSPS) is 15.1. The average molecular weight is 314 g/mol. The first-order valence-corrected chi connectivity index (χ1v) is 7.21. The lowest BCUT2D eigenvalue weighted by molar-refractivity contribution is 0.195. The molecule has 4 nitrogen and oxygen atoms in total. The van der Waals surface area contributed by atoms with E-state index in [2.05, 4.69) is 16.8 Å². The number of hydrogen-bond donors (Lipinski definition) is 1. The molecule has 1 aliphatic heterocycles. The Labute approximate surface area is 128 Å². The van der Waals surface area contributed by atoms with Crippen LogP contribution in [0.5, 0.6) is 0 Å². The van der Waals surface area contributed by atoms with Crippen molar-refractivity contribution >= 4 is 34.9 Å². The minimum absolute atomic E-state index is 0.0429. The molecule has 0 aliphatic carbocycles. The van der Waals surface area contributed by atoms with E-state index in [-0.39, 0.29) is 6.03 Å². The summed E-state index contributed by atoms with van der Waals surface area (Å²) in [6.45, 7) is 6.99. The van der Waals surface area contributed by atoms with Crippen molar-refractivity contribution in [2.45, 2.75) is 0 Å². The summed E-state index contributed by atoms with van der Waals surface area (Å²) in [5.74, 6) is 0. The zero-order chi connectivity index (χ0) is 14.5. The molecule has 2 rings (SSSR count). The number of piperazine rings is 1. The summed E-state index contributed by atoms with van der Waals surface area (Å²) in [7, 11) is 0. The second-order valence-electron chi connectivity index (χ2n) is 4.55. The molecule has 1 N–H and O–H groups in total. The second kappa shape index (κ2) is 6.86. The molecule has 1 aromatic rings. The Morgan fingerprint density at radius 1 is 1.25 bits per heavy atom. The van der Waals surface area contributed by atoms with Crippen molar-refractivity contribution in [1.29, 1.82) is 0 Å². The average Bonchev–Trinajstić information content (AvgIpc) is 2.48. The number of rotatable bonds is 3. The Morgan fingerprint density at radius 2 is 1.95 bits per heavy atom. The van der Waals surface area contributed by atoms with Crippen LogP contribution in [-0.4, -0.2) is 43.7 Å². The van der Waals surface area contributed by atoms with E-state index >= 15 is 0 Å². The second-order valence-corrected chi connectivity index (χ2v) is 5.36. The summed E-state index contributed by atoms with van der Waals surface area (Å²) >= 11 is 11.9. The number of nitrogens with zero attached hydrogens (tertiary/aromatic N) is 2. The number of amides is 2. The Hall–Kier alpha value is -1.39. The van der Waals surface area contributed by atoms with Crippen LogP contribution >= 0.6 is 23.2 Å². The number of nitrogens with one attached hydrogen (secondary N) is 1. The van der Waals surface area contributed by atoms with Gasteiger partial charge in [-0.25, -0.2) is 4.79 Å². The fourth-order valence-corrected chi connectivity index (χ4v) is 2.41. The molecule has 2 amide bonds. The molecule has 0 bridgehead atoms. The monoisotopic (exact) mass is 313 g/mol. The lowest BCUT2D eigenvalue weighted by Crippen LogP contribution is -2.51. The molecule has 1 fully saturated rings. The predicted octanol–water partition coefficient (Wildman–Crippen LogP) is 3.01. The zero-order valence-corrected chi connectivity index (χ0v) is 12.6. The quantitative estimate of drug-likeness (QED) is 0.871. The van der Waals surface area contributed by atoms with Crippen LogP contribution in [0.4, 0.5) is 10.5 Å². The maximum absolute atomic E-state index is 11.8. The van der Waals surface area contributed by atoms with Crippen molar-refractivity contribution in [3.8, 4) is 0 Å². The maximum atomic E-state index is 11.8. The molecule has 1 saturated heterocycles. The van der Waals surface area contributed by atoms with Gasteiger partial charge in [0.25, 0.3) is 0 Å². The van der Waals surface area contributed by atoms with Gasteiger partial charge in [-0.2, -0.15) is 0 Å². The first-order chi connectivity index (χ1) is 9.61. The van der Waals surface area contributed by atoms with Crippen LogP contribution in [0.1, 0.15) is 0 Å². The number of hydrogen-bond acceptors (Lipinski definition) is 2. The first kappa shape index (κ1) is 15.0. The number of urea groups is 1. The van der Waals surface area contributed by atoms with Crippen molar-refractivity contribution in [2.24, 2.45) is 0 Å². The highest BCUT2D eigenvalue weighted by Crippen LogP contribution is 2.27. The molecule has 0 unspecified atom stereocenters. The molecule has 6 heteroatoms. The Kier molecular flexibility index (Phi) is 5.15. The number of halogens is 2. The van der Waals surface area contributed by atoms with E-state index in [0.29, 0.717) is 29.7 Å². The van der Waals surface area contributed by atoms with Crippen molar-refractivity contribution in [1.82, 2.24) is 10.2 Å². The van der Waals surface area contributed by atoms with E-state index in [9.17, 15) is 4.79 Å². The van der Waals surface area contributed by atoms with Crippen molar-refractivity contribution in [3.05, 3.63) is 40.9 Å². The van der Waals surface area contributed by atoms with Crippen LogP contribution in [0.3, 0.4) is 0 Å². The van der Waals surface area contributed by atoms with E-state index in [0.717, 1.165) is 18.8 Å². The highest BCUT2D eigenvalue weighted by Gasteiger charge is 2.21. The van der Waals surface area contributed by atoms with Crippen LogP contribution < -0.4 is 10.2 Å². The van der Waals surface area contributed by atoms with Crippen molar-refractivity contribution in [3.63, 3.8) is 0 Å². The van der Waals surface area contributed by atoms with Gasteiger partial charge in [0.15, 0.2) is 0 Å². The van der Waals surface area contributed by atoms with E-state index in [1.54, 1.807) is 17.0 Å². The van der Waals surface area contributed by atoms with Crippen LogP contribution in [-0.2, 0) is 0 Å². The standard InChI is InChI=1S/C14H17Cl2N3O/c1-2-5-17-14(20)19-8-6-18(7-9-19)11-3-4-12(15)13(16)10-11/h2-4,10H,1,5-9H2,(H,17,20). The predicted molar refractivity (Wildman–Crippen MR) is 83.8 cm³/mol. The van der Waals surface area contributed by atoms with Gasteiger partial charge >= 0.3 is 6.03 Å². The summed E-state index contributed by atoms with van der Waals surface area (Å²) < 4.78 is 0. The van der Waals surface area contributed by atoms with Gasteiger partial charge in [-0.15, -0.1) is 6.58 Å². The van der Waals surface area contributed by atoms with Crippen molar-refractivity contribution < 1.29 is 4.79 Å². The van der Waals surface area contributed by atoms with Gasteiger partial charge < -0.3 is 15.1 Å². The lowest BCUT2D eigenvalue weighted by atomic mass is 10.2. The summed E-state index contributed by atoms with van der Waals surface area (Å²) in [4.78, 5) is 15.8. The smallest absolute Gasteiger partial charge is 0.317 e. The third-order valence-electron chi connectivity index (χ3n) is 3.23. The first-order valence-electron chi connectivity index (χ1n) is 6.45. The van der Waals surface area contributed by atoms with Gasteiger partial charge in [0.1, 0.15) is 0 Å². The molecule has 0 radical (unpaired) electrons. The van der Waals surface area contributed by atoms with E-state index in [1.807, 2.05) is 12.1 Å². The minimum atomic E-state index is -0.0429. The Bertz CT molecular complexity index is 499. The van der Waals surface area contributed by atoms with Gasteiger partial charge in [0.2, 0.25) is 0 Å². The third kappa shape index (κ3) is 3.58. The lowest BCUT2D eigenvalue weighted by Gasteiger charge is -2.36. The fraction of sp³-hybridized carbons (Fsp3) is 0.357. The van der Waals surface area contributed by atoms with Crippen molar-refractivity contribution in [2.75, 3.05) is 37.6 Å². The van der Waals surface area contributed by atoms with Crippen LogP contribution in [0, 0.1) is 0 Å². The molecule has 0 aromatic heterocycles. The number of carbonyl (C=O) groups excluding carboxylic acids is 1. The third-order valence-corrected chi connectivity index (χ3v) is 3.97. The maximum Gasteiger partial charge on any atom is 0.317 e. The molecular weight excluding hydrogens is 297 g/mol. The topological polar surface area (TPSA) is 35.6 Å². The molecule has 1 aromatic carbocycles. The van der Waals surface area contributed by atoms with Crippen LogP contribution in [0.15, 0.2) is 30.9 Å². The van der Waals surface area contributed by atoms with E-state index in [4.69, 9.17) is 23.2 Å². The fourth-order valence-electron chi connectivity index (χ4n) is 2.12. The zero-order valence-electron chi connectivity index (χ0n) is 11.1. The molecular formula is C14H17Cl2N3O. The molecule has 1 heterocycles. The number of benzene rings is 1. The molecule has 0 spiro atoms. The minimum Gasteiger partial charge on any atom is -0.368 e. The van der Waals surface area contributed by atoms with E-state index in [1.165, 1.54) is 0 Å². The summed E-state index contributed by atoms with van der Waals surface area (Å²) in [5, 5.41) is 3.89. The van der Waals surface area contributed by atoms with Gasteiger partial charge in [-0.1, -0.05) is 29.3 Å². The van der Waals surface area contributed by atoms with E-state index < -0.39 is 0 Å². The Morgan fingerprint density at radius 3 is 2.55 bits per heavy atom. The van der Waals surface area contributed by atoms with Crippen LogP contribution in [0.25, 0.3) is 0 Å². The highest BCUT2D eigenvalue weighted by molar-refractivity contribution is 6.42.